The Hall–Kier alpha value is -0.790. The Kier molecular flexibility index (Phi) is 2.69. The summed E-state index contributed by atoms with van der Waals surface area (Å²) in [6.45, 7) is 3.65. The highest BCUT2D eigenvalue weighted by Gasteiger charge is 2.12. The molecule has 0 spiro atoms. The molecule has 1 heterocycles. The summed E-state index contributed by atoms with van der Waals surface area (Å²) in [5.41, 5.74) is 0. The Morgan fingerprint density at radius 3 is 3.00 bits per heavy atom. The lowest BCUT2D eigenvalue weighted by atomic mass is 10.2. The van der Waals surface area contributed by atoms with Crippen LogP contribution in [-0.2, 0) is 9.53 Å². The van der Waals surface area contributed by atoms with Crippen molar-refractivity contribution in [2.24, 2.45) is 0 Å². The van der Waals surface area contributed by atoms with Crippen molar-refractivity contribution in [1.82, 2.24) is 0 Å². The normalized spacial score (nSPS) is 22.7. The molecule has 1 atom stereocenters. The molecule has 2 nitrogen and oxygen atoms in total. The van der Waals surface area contributed by atoms with Gasteiger partial charge in [0.15, 0.2) is 0 Å². The number of carbonyl (C=O) groups is 1. The largest absolute Gasteiger partial charge is 0.495 e. The predicted octanol–water partition coefficient (Wildman–Crippen LogP) is 2.05. The van der Waals surface area contributed by atoms with Gasteiger partial charge in [0.25, 0.3) is 0 Å². The minimum Gasteiger partial charge on any atom is -0.495 e. The molecule has 1 aliphatic heterocycles. The molecule has 0 aliphatic carbocycles. The lowest BCUT2D eigenvalue weighted by Gasteiger charge is -2.06. The monoisotopic (exact) mass is 154 g/mol. The quantitative estimate of drug-likeness (QED) is 0.621. The van der Waals surface area contributed by atoms with Gasteiger partial charge >= 0.3 is 0 Å². The number of allylic oxidation sites excluding steroid dienone is 1. The Labute approximate surface area is 67.2 Å². The summed E-state index contributed by atoms with van der Waals surface area (Å²) in [4.78, 5) is 10.6. The third-order valence-electron chi connectivity index (χ3n) is 1.75. The smallest absolute Gasteiger partial charge is 0.130 e. The maximum atomic E-state index is 10.6. The molecule has 62 valence electrons. The minimum absolute atomic E-state index is 0.231. The van der Waals surface area contributed by atoms with Gasteiger partial charge in [-0.25, -0.2) is 0 Å². The molecule has 0 amide bonds. The summed E-state index contributed by atoms with van der Waals surface area (Å²) in [6, 6.07) is 0. The van der Waals surface area contributed by atoms with E-state index in [9.17, 15) is 4.79 Å². The summed E-state index contributed by atoms with van der Waals surface area (Å²) in [6.07, 6.45) is 4.77. The van der Waals surface area contributed by atoms with Crippen molar-refractivity contribution in [2.45, 2.75) is 39.2 Å². The van der Waals surface area contributed by atoms with Crippen LogP contribution >= 0.6 is 0 Å². The molecule has 0 saturated heterocycles. The summed E-state index contributed by atoms with van der Waals surface area (Å²) >= 11 is 0. The molecular weight excluding hydrogens is 140 g/mol. The van der Waals surface area contributed by atoms with Crippen LogP contribution in [0.15, 0.2) is 11.8 Å². The first kappa shape index (κ1) is 8.31. The van der Waals surface area contributed by atoms with Crippen molar-refractivity contribution in [3.8, 4) is 0 Å². The fourth-order valence-electron chi connectivity index (χ4n) is 1.11. The molecule has 11 heavy (non-hydrogen) atoms. The van der Waals surface area contributed by atoms with E-state index in [-0.39, 0.29) is 5.78 Å². The van der Waals surface area contributed by atoms with E-state index in [4.69, 9.17) is 4.74 Å². The molecule has 2 heteroatoms. The molecule has 0 radical (unpaired) electrons. The van der Waals surface area contributed by atoms with Crippen LogP contribution in [0.25, 0.3) is 0 Å². The molecule has 1 unspecified atom stereocenters. The number of rotatable bonds is 3. The van der Waals surface area contributed by atoms with Crippen molar-refractivity contribution >= 4 is 5.78 Å². The van der Waals surface area contributed by atoms with E-state index in [0.717, 1.165) is 18.6 Å². The Morgan fingerprint density at radius 2 is 2.55 bits per heavy atom. The van der Waals surface area contributed by atoms with Crippen molar-refractivity contribution in [3.63, 3.8) is 0 Å². The number of ether oxygens (including phenoxy) is 1. The highest BCUT2D eigenvalue weighted by Crippen LogP contribution is 2.20. The van der Waals surface area contributed by atoms with Gasteiger partial charge in [0.2, 0.25) is 0 Å². The minimum atomic E-state index is 0.231. The van der Waals surface area contributed by atoms with E-state index in [2.05, 4.69) is 6.08 Å². The van der Waals surface area contributed by atoms with Gasteiger partial charge in [0, 0.05) is 19.3 Å². The van der Waals surface area contributed by atoms with E-state index in [1.807, 2.05) is 6.92 Å². The highest BCUT2D eigenvalue weighted by atomic mass is 16.5. The molecule has 0 N–H and O–H groups in total. The number of hydrogen-bond donors (Lipinski definition) is 0. The Balaban J connectivity index is 2.23. The zero-order chi connectivity index (χ0) is 8.27. The molecule has 0 aromatic carbocycles. The van der Waals surface area contributed by atoms with Crippen LogP contribution in [0, 0.1) is 0 Å². The van der Waals surface area contributed by atoms with Crippen LogP contribution in [-0.4, -0.2) is 11.9 Å². The topological polar surface area (TPSA) is 26.3 Å². The predicted molar refractivity (Wildman–Crippen MR) is 43.2 cm³/mol. The van der Waals surface area contributed by atoms with Crippen LogP contribution in [0.5, 0.6) is 0 Å². The molecule has 0 bridgehead atoms. The van der Waals surface area contributed by atoms with Gasteiger partial charge in [0.05, 0.1) is 11.9 Å². The molecule has 0 aromatic rings. The van der Waals surface area contributed by atoms with Crippen molar-refractivity contribution < 1.29 is 9.53 Å². The molecular formula is C9H14O2. The summed E-state index contributed by atoms with van der Waals surface area (Å²) in [5.74, 6) is 1.22. The zero-order valence-corrected chi connectivity index (χ0v) is 7.09. The van der Waals surface area contributed by atoms with Crippen LogP contribution in [0.1, 0.15) is 33.1 Å². The van der Waals surface area contributed by atoms with Crippen LogP contribution < -0.4 is 0 Å². The highest BCUT2D eigenvalue weighted by molar-refractivity contribution is 5.75. The van der Waals surface area contributed by atoms with Crippen LogP contribution in [0.4, 0.5) is 0 Å². The van der Waals surface area contributed by atoms with Crippen molar-refractivity contribution in [3.05, 3.63) is 11.8 Å². The van der Waals surface area contributed by atoms with Gasteiger partial charge in [-0.2, -0.15) is 0 Å². The van der Waals surface area contributed by atoms with Gasteiger partial charge < -0.3 is 9.53 Å². The second kappa shape index (κ2) is 3.56. The zero-order valence-electron chi connectivity index (χ0n) is 7.09. The third-order valence-corrected chi connectivity index (χ3v) is 1.75. The first-order chi connectivity index (χ1) is 5.18. The van der Waals surface area contributed by atoms with Crippen LogP contribution in [0.3, 0.4) is 0 Å². The lowest BCUT2D eigenvalue weighted by Crippen LogP contribution is -1.99. The standard InChI is InChI=1S/C9H14O2/c1-7(10)3-5-9-6-4-8(2)11-9/h6,8H,3-5H2,1-2H3. The number of hydrogen-bond acceptors (Lipinski definition) is 2. The summed E-state index contributed by atoms with van der Waals surface area (Å²) in [7, 11) is 0. The molecule has 0 aromatic heterocycles. The molecule has 0 saturated carbocycles. The van der Waals surface area contributed by atoms with E-state index < -0.39 is 0 Å². The van der Waals surface area contributed by atoms with E-state index in [1.54, 1.807) is 6.92 Å². The van der Waals surface area contributed by atoms with Crippen molar-refractivity contribution in [2.75, 3.05) is 0 Å². The van der Waals surface area contributed by atoms with Crippen molar-refractivity contribution in [1.29, 1.82) is 0 Å². The van der Waals surface area contributed by atoms with Gasteiger partial charge in [-0.3, -0.25) is 0 Å². The molecule has 1 rings (SSSR count). The summed E-state index contributed by atoms with van der Waals surface area (Å²) in [5, 5.41) is 0. The van der Waals surface area contributed by atoms with Gasteiger partial charge in [-0.15, -0.1) is 0 Å². The average molecular weight is 154 g/mol. The second-order valence-corrected chi connectivity index (χ2v) is 3.04. The first-order valence-electron chi connectivity index (χ1n) is 4.03. The lowest BCUT2D eigenvalue weighted by molar-refractivity contribution is -0.117. The van der Waals surface area contributed by atoms with E-state index >= 15 is 0 Å². The Bertz CT molecular complexity index is 182. The Morgan fingerprint density at radius 1 is 1.82 bits per heavy atom. The third kappa shape index (κ3) is 2.74. The maximum Gasteiger partial charge on any atom is 0.130 e. The number of carbonyl (C=O) groups excluding carboxylic acids is 1. The average Bonchev–Trinajstić information content (AvgIpc) is 2.31. The molecule has 0 fully saturated rings. The van der Waals surface area contributed by atoms with Crippen LogP contribution in [0.2, 0.25) is 0 Å². The SMILES string of the molecule is CC(=O)CCC1=CCC(C)O1. The summed E-state index contributed by atoms with van der Waals surface area (Å²) < 4.78 is 5.42. The molecule has 1 aliphatic rings. The second-order valence-electron chi connectivity index (χ2n) is 3.04. The number of Topliss-reactive ketones (excluding diaryl/α,β-unsaturated/α-hetero) is 1. The van der Waals surface area contributed by atoms with E-state index in [0.29, 0.717) is 12.5 Å². The first-order valence-corrected chi connectivity index (χ1v) is 4.03. The van der Waals surface area contributed by atoms with Gasteiger partial charge in [-0.05, 0) is 19.9 Å². The van der Waals surface area contributed by atoms with E-state index in [1.165, 1.54) is 0 Å². The maximum absolute atomic E-state index is 10.6. The fourth-order valence-corrected chi connectivity index (χ4v) is 1.11. The van der Waals surface area contributed by atoms with Gasteiger partial charge in [0.1, 0.15) is 5.78 Å². The number of ketones is 1. The van der Waals surface area contributed by atoms with Gasteiger partial charge in [-0.1, -0.05) is 0 Å². The fraction of sp³-hybridized carbons (Fsp3) is 0.667.